The molecule has 2 aromatic carbocycles. The largest absolute Gasteiger partial charge is 0.416 e. The van der Waals surface area contributed by atoms with Crippen molar-refractivity contribution in [3.8, 4) is 22.4 Å². The van der Waals surface area contributed by atoms with E-state index in [2.05, 4.69) is 4.98 Å². The second-order valence-corrected chi connectivity index (χ2v) is 5.83. The van der Waals surface area contributed by atoms with Gasteiger partial charge in [-0.2, -0.15) is 13.2 Å². The van der Waals surface area contributed by atoms with Crippen molar-refractivity contribution in [3.63, 3.8) is 0 Å². The minimum atomic E-state index is -4.36. The van der Waals surface area contributed by atoms with Crippen LogP contribution < -0.4 is 0 Å². The predicted molar refractivity (Wildman–Crippen MR) is 89.6 cm³/mol. The van der Waals surface area contributed by atoms with E-state index in [4.69, 9.17) is 0 Å². The number of pyridine rings is 1. The molecule has 0 aliphatic carbocycles. The molecule has 3 aromatic rings. The zero-order valence-electron chi connectivity index (χ0n) is 13.4. The lowest BCUT2D eigenvalue weighted by atomic mass is 10.0. The van der Waals surface area contributed by atoms with Gasteiger partial charge in [-0.05, 0) is 37.1 Å². The fourth-order valence-corrected chi connectivity index (χ4v) is 2.57. The van der Waals surface area contributed by atoms with Gasteiger partial charge in [-0.1, -0.05) is 48.0 Å². The molecule has 0 bridgehead atoms. The number of aryl methyl sites for hydroxylation is 2. The summed E-state index contributed by atoms with van der Waals surface area (Å²) < 4.78 is 39.1. The molecule has 0 amide bonds. The molecule has 0 spiro atoms. The number of benzene rings is 2. The van der Waals surface area contributed by atoms with E-state index in [1.807, 2.05) is 37.3 Å². The number of aromatic nitrogens is 1. The molecule has 1 aromatic heterocycles. The summed E-state index contributed by atoms with van der Waals surface area (Å²) in [6.45, 7) is 3.47. The maximum Gasteiger partial charge on any atom is 0.416 e. The van der Waals surface area contributed by atoms with E-state index in [-0.39, 0.29) is 5.56 Å². The Morgan fingerprint density at radius 2 is 1.38 bits per heavy atom. The van der Waals surface area contributed by atoms with Crippen molar-refractivity contribution in [1.29, 1.82) is 0 Å². The third-order valence-corrected chi connectivity index (χ3v) is 3.99. The highest BCUT2D eigenvalue weighted by molar-refractivity contribution is 5.67. The van der Waals surface area contributed by atoms with Crippen LogP contribution in [0.2, 0.25) is 0 Å². The normalized spacial score (nSPS) is 11.5. The Morgan fingerprint density at radius 3 is 1.96 bits per heavy atom. The molecule has 0 unspecified atom stereocenters. The van der Waals surface area contributed by atoms with E-state index in [0.717, 1.165) is 17.2 Å². The number of hydrogen-bond acceptors (Lipinski definition) is 1. The highest BCUT2D eigenvalue weighted by Crippen LogP contribution is 2.34. The summed E-state index contributed by atoms with van der Waals surface area (Å²) in [6, 6.07) is 16.0. The number of rotatable bonds is 2. The van der Waals surface area contributed by atoms with Gasteiger partial charge in [-0.25, -0.2) is 0 Å². The molecule has 24 heavy (non-hydrogen) atoms. The van der Waals surface area contributed by atoms with Crippen molar-refractivity contribution in [1.82, 2.24) is 4.98 Å². The Bertz CT molecular complexity index is 848. The first-order chi connectivity index (χ1) is 11.3. The average Bonchev–Trinajstić information content (AvgIpc) is 2.55. The molecule has 0 radical (unpaired) electrons. The van der Waals surface area contributed by atoms with Gasteiger partial charge < -0.3 is 0 Å². The van der Waals surface area contributed by atoms with Crippen LogP contribution in [0.5, 0.6) is 0 Å². The lowest BCUT2D eigenvalue weighted by Crippen LogP contribution is -2.07. The zero-order chi connectivity index (χ0) is 17.3. The summed E-state index contributed by atoms with van der Waals surface area (Å²) in [5.74, 6) is 0. The molecule has 0 saturated carbocycles. The molecule has 3 rings (SSSR count). The van der Waals surface area contributed by atoms with Crippen molar-refractivity contribution in [3.05, 3.63) is 77.5 Å². The van der Waals surface area contributed by atoms with Crippen LogP contribution in [0.4, 0.5) is 13.2 Å². The monoisotopic (exact) mass is 327 g/mol. The second kappa shape index (κ2) is 6.11. The van der Waals surface area contributed by atoms with E-state index in [1.165, 1.54) is 18.6 Å². The Kier molecular flexibility index (Phi) is 4.14. The van der Waals surface area contributed by atoms with Crippen LogP contribution >= 0.6 is 0 Å². The number of alkyl halides is 3. The Labute approximate surface area is 138 Å². The molecule has 4 heteroatoms. The molecule has 0 saturated heterocycles. The molecule has 1 nitrogen and oxygen atoms in total. The van der Waals surface area contributed by atoms with Crippen LogP contribution in [0.1, 0.15) is 16.7 Å². The number of hydrogen-bond donors (Lipinski definition) is 0. The standard InChI is InChI=1S/C20H16F3N/c1-13-3-6-15(7-4-13)17-9-10-19(24-12-17)16-8-5-14(2)18(11-16)20(21,22)23/h3-12H,1-2H3. The third kappa shape index (κ3) is 3.32. The average molecular weight is 327 g/mol. The first-order valence-corrected chi connectivity index (χ1v) is 7.56. The van der Waals surface area contributed by atoms with Gasteiger partial charge in [0.05, 0.1) is 11.3 Å². The van der Waals surface area contributed by atoms with E-state index < -0.39 is 11.7 Å². The van der Waals surface area contributed by atoms with Gasteiger partial charge in [-0.15, -0.1) is 0 Å². The summed E-state index contributed by atoms with van der Waals surface area (Å²) in [5, 5.41) is 0. The SMILES string of the molecule is Cc1ccc(-c2ccc(-c3ccc(C)c(C(F)(F)F)c3)nc2)cc1. The van der Waals surface area contributed by atoms with Crippen LogP contribution in [-0.2, 0) is 6.18 Å². The highest BCUT2D eigenvalue weighted by atomic mass is 19.4. The highest BCUT2D eigenvalue weighted by Gasteiger charge is 2.32. The van der Waals surface area contributed by atoms with Crippen LogP contribution in [0, 0.1) is 13.8 Å². The lowest BCUT2D eigenvalue weighted by Gasteiger charge is -2.12. The predicted octanol–water partition coefficient (Wildman–Crippen LogP) is 6.05. The summed E-state index contributed by atoms with van der Waals surface area (Å²) in [6.07, 6.45) is -2.67. The molecule has 0 aliphatic rings. The first-order valence-electron chi connectivity index (χ1n) is 7.56. The summed E-state index contributed by atoms with van der Waals surface area (Å²) in [5.41, 5.74) is 3.70. The molecule has 1 heterocycles. The minimum absolute atomic E-state index is 0.211. The summed E-state index contributed by atoms with van der Waals surface area (Å²) >= 11 is 0. The lowest BCUT2D eigenvalue weighted by molar-refractivity contribution is -0.138. The van der Waals surface area contributed by atoms with E-state index in [0.29, 0.717) is 11.3 Å². The summed E-state index contributed by atoms with van der Waals surface area (Å²) in [7, 11) is 0. The van der Waals surface area contributed by atoms with Gasteiger partial charge in [-0.3, -0.25) is 4.98 Å². The van der Waals surface area contributed by atoms with Gasteiger partial charge in [0.1, 0.15) is 0 Å². The van der Waals surface area contributed by atoms with E-state index in [9.17, 15) is 13.2 Å². The van der Waals surface area contributed by atoms with Gasteiger partial charge in [0.25, 0.3) is 0 Å². The third-order valence-electron chi connectivity index (χ3n) is 3.99. The maximum absolute atomic E-state index is 13.0. The fraction of sp³-hybridized carbons (Fsp3) is 0.150. The van der Waals surface area contributed by atoms with Crippen molar-refractivity contribution in [2.24, 2.45) is 0 Å². The van der Waals surface area contributed by atoms with E-state index in [1.54, 1.807) is 18.3 Å². The van der Waals surface area contributed by atoms with Crippen LogP contribution in [0.25, 0.3) is 22.4 Å². The smallest absolute Gasteiger partial charge is 0.256 e. The van der Waals surface area contributed by atoms with Crippen molar-refractivity contribution in [2.75, 3.05) is 0 Å². The van der Waals surface area contributed by atoms with Crippen molar-refractivity contribution in [2.45, 2.75) is 20.0 Å². The second-order valence-electron chi connectivity index (χ2n) is 5.83. The molecule has 122 valence electrons. The quantitative estimate of drug-likeness (QED) is 0.558. The molecule has 0 fully saturated rings. The summed E-state index contributed by atoms with van der Waals surface area (Å²) in [4.78, 5) is 4.33. The van der Waals surface area contributed by atoms with Crippen LogP contribution in [-0.4, -0.2) is 4.98 Å². The molecule has 0 N–H and O–H groups in total. The molecule has 0 atom stereocenters. The Morgan fingerprint density at radius 1 is 0.750 bits per heavy atom. The zero-order valence-corrected chi connectivity index (χ0v) is 13.4. The Hall–Kier alpha value is -2.62. The van der Waals surface area contributed by atoms with Crippen molar-refractivity contribution >= 4 is 0 Å². The number of halogens is 3. The topological polar surface area (TPSA) is 12.9 Å². The molecular formula is C20H16F3N. The van der Waals surface area contributed by atoms with Gasteiger partial charge in [0.15, 0.2) is 0 Å². The van der Waals surface area contributed by atoms with Gasteiger partial charge >= 0.3 is 6.18 Å². The van der Waals surface area contributed by atoms with E-state index >= 15 is 0 Å². The minimum Gasteiger partial charge on any atom is -0.256 e. The van der Waals surface area contributed by atoms with Crippen molar-refractivity contribution < 1.29 is 13.2 Å². The molecular weight excluding hydrogens is 311 g/mol. The molecule has 0 aliphatic heterocycles. The number of nitrogens with zero attached hydrogens (tertiary/aromatic N) is 1. The first kappa shape index (κ1) is 16.2. The van der Waals surface area contributed by atoms with Crippen LogP contribution in [0.15, 0.2) is 60.8 Å². The maximum atomic E-state index is 13.0. The van der Waals surface area contributed by atoms with Gasteiger partial charge in [0.2, 0.25) is 0 Å². The van der Waals surface area contributed by atoms with Gasteiger partial charge in [0, 0.05) is 17.3 Å². The fourth-order valence-electron chi connectivity index (χ4n) is 2.57. The van der Waals surface area contributed by atoms with Crippen LogP contribution in [0.3, 0.4) is 0 Å². The Balaban J connectivity index is 1.95.